The number of imidazole rings is 1. The third-order valence-corrected chi connectivity index (χ3v) is 4.90. The number of hydrogen-bond donors (Lipinski definition) is 1. The molecule has 0 fully saturated rings. The van der Waals surface area contributed by atoms with E-state index in [2.05, 4.69) is 19.9 Å². The van der Waals surface area contributed by atoms with Crippen LogP contribution < -0.4 is 9.47 Å². The summed E-state index contributed by atoms with van der Waals surface area (Å²) in [6.07, 6.45) is -0.891. The van der Waals surface area contributed by atoms with Crippen molar-refractivity contribution in [2.24, 2.45) is 0 Å². The van der Waals surface area contributed by atoms with Gasteiger partial charge in [0.25, 0.3) is 0 Å². The van der Waals surface area contributed by atoms with Gasteiger partial charge < -0.3 is 14.5 Å². The molecule has 3 heterocycles. The zero-order valence-electron chi connectivity index (χ0n) is 17.5. The first-order chi connectivity index (χ1) is 15.7. The maximum Gasteiger partial charge on any atom is 0.433 e. The molecule has 170 valence electrons. The van der Waals surface area contributed by atoms with E-state index in [1.165, 1.54) is 25.4 Å². The number of H-pyrrole nitrogens is 1. The van der Waals surface area contributed by atoms with Crippen molar-refractivity contribution in [2.45, 2.75) is 19.2 Å². The molecule has 6 nitrogen and oxygen atoms in total. The van der Waals surface area contributed by atoms with Crippen LogP contribution in [0.25, 0.3) is 22.6 Å². The fraction of sp³-hybridized carbons (Fsp3) is 0.174. The minimum atomic E-state index is -4.49. The zero-order chi connectivity index (χ0) is 23.6. The van der Waals surface area contributed by atoms with E-state index in [0.717, 1.165) is 12.3 Å². The molecule has 0 bridgehead atoms. The highest BCUT2D eigenvalue weighted by Crippen LogP contribution is 2.35. The van der Waals surface area contributed by atoms with E-state index < -0.39 is 23.9 Å². The zero-order valence-corrected chi connectivity index (χ0v) is 17.5. The van der Waals surface area contributed by atoms with Crippen molar-refractivity contribution in [1.82, 2.24) is 19.9 Å². The van der Waals surface area contributed by atoms with Crippen LogP contribution in [0.1, 0.15) is 24.3 Å². The smallest absolute Gasteiger partial charge is 0.433 e. The second-order valence-corrected chi connectivity index (χ2v) is 7.11. The molecule has 1 N–H and O–H groups in total. The number of benzene rings is 1. The highest BCUT2D eigenvalue weighted by atomic mass is 19.4. The Morgan fingerprint density at radius 1 is 0.939 bits per heavy atom. The number of aromatic amines is 1. The maximum atomic E-state index is 13.1. The lowest BCUT2D eigenvalue weighted by Gasteiger charge is -2.17. The molecular weight excluding hydrogens is 440 g/mol. The number of pyridine rings is 2. The molecule has 0 aliphatic rings. The van der Waals surface area contributed by atoms with E-state index in [1.807, 2.05) is 0 Å². The number of nitrogens with one attached hydrogen (secondary N) is 1. The number of methoxy groups -OCH3 is 1. The van der Waals surface area contributed by atoms with Crippen molar-refractivity contribution in [3.8, 4) is 34.1 Å². The fourth-order valence-corrected chi connectivity index (χ4v) is 3.17. The molecule has 4 rings (SSSR count). The van der Waals surface area contributed by atoms with Gasteiger partial charge in [0.05, 0.1) is 19.0 Å². The van der Waals surface area contributed by atoms with Crippen LogP contribution in [0.2, 0.25) is 0 Å². The van der Waals surface area contributed by atoms with Gasteiger partial charge in [-0.25, -0.2) is 9.97 Å². The van der Waals surface area contributed by atoms with Gasteiger partial charge in [0.2, 0.25) is 5.95 Å². The lowest BCUT2D eigenvalue weighted by molar-refractivity contribution is -0.141. The Labute approximate surface area is 186 Å². The highest BCUT2D eigenvalue weighted by Gasteiger charge is 2.32. The molecule has 1 atom stereocenters. The predicted octanol–water partition coefficient (Wildman–Crippen LogP) is 5.84. The summed E-state index contributed by atoms with van der Waals surface area (Å²) < 4.78 is 62.5. The Morgan fingerprint density at radius 3 is 2.39 bits per heavy atom. The van der Waals surface area contributed by atoms with E-state index in [9.17, 15) is 17.6 Å². The van der Waals surface area contributed by atoms with Crippen molar-refractivity contribution in [3.05, 3.63) is 78.3 Å². The van der Waals surface area contributed by atoms with Crippen LogP contribution >= 0.6 is 0 Å². The van der Waals surface area contributed by atoms with Gasteiger partial charge in [-0.1, -0.05) is 6.07 Å². The summed E-state index contributed by atoms with van der Waals surface area (Å²) in [4.78, 5) is 14.6. The van der Waals surface area contributed by atoms with Gasteiger partial charge >= 0.3 is 6.18 Å². The number of hydrogen-bond acceptors (Lipinski definition) is 5. The third kappa shape index (κ3) is 4.94. The van der Waals surface area contributed by atoms with Gasteiger partial charge in [0.1, 0.15) is 29.1 Å². The van der Waals surface area contributed by atoms with Crippen molar-refractivity contribution in [2.75, 3.05) is 7.11 Å². The van der Waals surface area contributed by atoms with Crippen LogP contribution in [-0.2, 0) is 6.18 Å². The molecule has 0 radical (unpaired) electrons. The van der Waals surface area contributed by atoms with Gasteiger partial charge in [0, 0.05) is 35.2 Å². The normalized spacial score (nSPS) is 12.4. The highest BCUT2D eigenvalue weighted by molar-refractivity contribution is 5.70. The van der Waals surface area contributed by atoms with Crippen LogP contribution in [0.15, 0.2) is 61.1 Å². The largest absolute Gasteiger partial charge is 0.496 e. The van der Waals surface area contributed by atoms with Crippen molar-refractivity contribution in [1.29, 1.82) is 0 Å². The van der Waals surface area contributed by atoms with Crippen LogP contribution in [0, 0.1) is 5.95 Å². The van der Waals surface area contributed by atoms with Crippen LogP contribution in [0.5, 0.6) is 11.5 Å². The number of alkyl halides is 3. The Bertz CT molecular complexity index is 1240. The number of aromatic nitrogens is 4. The Morgan fingerprint density at radius 2 is 1.76 bits per heavy atom. The Kier molecular flexibility index (Phi) is 5.99. The second-order valence-electron chi connectivity index (χ2n) is 7.11. The molecule has 0 spiro atoms. The molecule has 0 unspecified atom stereocenters. The number of ether oxygens (including phenoxy) is 2. The average molecular weight is 458 g/mol. The van der Waals surface area contributed by atoms with Gasteiger partial charge in [-0.2, -0.15) is 17.6 Å². The SMILES string of the molecule is COc1cc(O[C@@H](C)c2ccc(C(F)(F)F)nc2)ccc1-c1cnc(-c2ccc(F)nc2)[nH]1. The molecule has 1 aromatic carbocycles. The monoisotopic (exact) mass is 458 g/mol. The molecule has 33 heavy (non-hydrogen) atoms. The molecule has 4 aromatic rings. The summed E-state index contributed by atoms with van der Waals surface area (Å²) in [7, 11) is 1.51. The van der Waals surface area contributed by atoms with Gasteiger partial charge in [0.15, 0.2) is 0 Å². The lowest BCUT2D eigenvalue weighted by Crippen LogP contribution is -2.09. The summed E-state index contributed by atoms with van der Waals surface area (Å²) >= 11 is 0. The van der Waals surface area contributed by atoms with Gasteiger partial charge in [-0.3, -0.25) is 4.98 Å². The molecule has 3 aromatic heterocycles. The average Bonchev–Trinajstić information content (AvgIpc) is 3.29. The molecular formula is C23H18F4N4O2. The summed E-state index contributed by atoms with van der Waals surface area (Å²) in [6.45, 7) is 1.71. The summed E-state index contributed by atoms with van der Waals surface area (Å²) in [5.74, 6) is 0.899. The Hall–Kier alpha value is -3.95. The molecule has 10 heteroatoms. The molecule has 0 saturated carbocycles. The standard InChI is InChI=1S/C23H18F4N4O2/c1-13(14-3-7-20(28-10-14)23(25,26)27)33-16-5-6-17(19(9-16)32-2)18-12-30-22(31-18)15-4-8-21(24)29-11-15/h3-13H,1-2H3,(H,30,31)/t13-/m0/s1. The minimum Gasteiger partial charge on any atom is -0.496 e. The molecule has 0 saturated heterocycles. The number of halogens is 4. The lowest BCUT2D eigenvalue weighted by atomic mass is 10.1. The molecule has 0 aliphatic carbocycles. The number of rotatable bonds is 6. The maximum absolute atomic E-state index is 13.1. The second kappa shape index (κ2) is 8.89. The fourth-order valence-electron chi connectivity index (χ4n) is 3.17. The number of nitrogens with zero attached hydrogens (tertiary/aromatic N) is 3. The molecule has 0 amide bonds. The van der Waals surface area contributed by atoms with Crippen molar-refractivity contribution in [3.63, 3.8) is 0 Å². The summed E-state index contributed by atoms with van der Waals surface area (Å²) in [5.41, 5.74) is 1.54. The molecule has 0 aliphatic heterocycles. The summed E-state index contributed by atoms with van der Waals surface area (Å²) in [5, 5.41) is 0. The van der Waals surface area contributed by atoms with Crippen molar-refractivity contribution < 1.29 is 27.0 Å². The predicted molar refractivity (Wildman–Crippen MR) is 112 cm³/mol. The van der Waals surface area contributed by atoms with Crippen LogP contribution in [0.3, 0.4) is 0 Å². The third-order valence-electron chi connectivity index (χ3n) is 4.90. The van der Waals surface area contributed by atoms with Crippen LogP contribution in [0.4, 0.5) is 17.6 Å². The van der Waals surface area contributed by atoms with Crippen molar-refractivity contribution >= 4 is 0 Å². The minimum absolute atomic E-state index is 0.463. The summed E-state index contributed by atoms with van der Waals surface area (Å²) in [6, 6.07) is 10.2. The quantitative estimate of drug-likeness (QED) is 0.290. The van der Waals surface area contributed by atoms with E-state index in [-0.39, 0.29) is 0 Å². The van der Waals surface area contributed by atoms with Gasteiger partial charge in [-0.05, 0) is 37.3 Å². The van der Waals surface area contributed by atoms with E-state index in [4.69, 9.17) is 9.47 Å². The van der Waals surface area contributed by atoms with E-state index in [0.29, 0.717) is 39.7 Å². The van der Waals surface area contributed by atoms with E-state index >= 15 is 0 Å². The van der Waals surface area contributed by atoms with E-state index in [1.54, 1.807) is 37.4 Å². The van der Waals surface area contributed by atoms with Crippen LogP contribution in [-0.4, -0.2) is 27.0 Å². The Balaban J connectivity index is 1.53. The van der Waals surface area contributed by atoms with Gasteiger partial charge in [-0.15, -0.1) is 0 Å². The first kappa shape index (κ1) is 22.3. The first-order valence-electron chi connectivity index (χ1n) is 9.79. The first-order valence-corrected chi connectivity index (χ1v) is 9.79. The topological polar surface area (TPSA) is 72.9 Å².